The van der Waals surface area contributed by atoms with Gasteiger partial charge < -0.3 is 10.6 Å². The fourth-order valence-electron chi connectivity index (χ4n) is 1.98. The second-order valence-electron chi connectivity index (χ2n) is 4.94. The molecule has 2 N–H and O–H groups in total. The van der Waals surface area contributed by atoms with Crippen LogP contribution >= 0.6 is 0 Å². The third-order valence-corrected chi connectivity index (χ3v) is 3.14. The van der Waals surface area contributed by atoms with Crippen molar-refractivity contribution >= 4 is 17.4 Å². The molecule has 2 rings (SSSR count). The van der Waals surface area contributed by atoms with E-state index in [1.54, 1.807) is 11.6 Å². The molecule has 0 saturated heterocycles. The summed E-state index contributed by atoms with van der Waals surface area (Å²) in [5.74, 6) is 1.53. The summed E-state index contributed by atoms with van der Waals surface area (Å²) in [6.45, 7) is 5.98. The van der Waals surface area contributed by atoms with E-state index in [1.165, 1.54) is 0 Å². The molecule has 108 valence electrons. The van der Waals surface area contributed by atoms with Gasteiger partial charge in [-0.3, -0.25) is 4.79 Å². The molecule has 20 heavy (non-hydrogen) atoms. The van der Waals surface area contributed by atoms with Crippen molar-refractivity contribution in [2.75, 3.05) is 12.4 Å². The Kier molecular flexibility index (Phi) is 4.16. The molecule has 0 unspecified atom stereocenters. The van der Waals surface area contributed by atoms with Crippen molar-refractivity contribution in [1.82, 2.24) is 25.1 Å². The Morgan fingerprint density at radius 3 is 2.70 bits per heavy atom. The molecule has 2 aromatic heterocycles. The Balaban J connectivity index is 2.30. The van der Waals surface area contributed by atoms with Crippen molar-refractivity contribution in [3.8, 4) is 0 Å². The largest absolute Gasteiger partial charge is 0.357 e. The first-order chi connectivity index (χ1) is 9.56. The minimum absolute atomic E-state index is 0.0543. The molecule has 7 heteroatoms. The van der Waals surface area contributed by atoms with Crippen LogP contribution in [0.3, 0.4) is 0 Å². The van der Waals surface area contributed by atoms with Crippen molar-refractivity contribution in [2.24, 2.45) is 5.92 Å². The highest BCUT2D eigenvalue weighted by Gasteiger charge is 2.21. The molecule has 0 saturated carbocycles. The smallest absolute Gasteiger partial charge is 0.242 e. The van der Waals surface area contributed by atoms with Gasteiger partial charge >= 0.3 is 0 Å². The quantitative estimate of drug-likeness (QED) is 0.846. The van der Waals surface area contributed by atoms with Crippen LogP contribution in [0.4, 0.5) is 5.82 Å². The Labute approximate surface area is 117 Å². The molecule has 0 aromatic carbocycles. The number of carbonyl (C=O) groups is 1. The molecule has 1 atom stereocenters. The minimum atomic E-state index is -0.327. The molecule has 0 aliphatic heterocycles. The van der Waals surface area contributed by atoms with E-state index in [2.05, 4.69) is 25.9 Å². The van der Waals surface area contributed by atoms with Gasteiger partial charge in [0.2, 0.25) is 5.91 Å². The SMILES string of the molecule is CCc1nnc2ccc(N[C@H](C(=O)NC)C(C)C)nn12. The van der Waals surface area contributed by atoms with Crippen LogP contribution in [0.5, 0.6) is 0 Å². The van der Waals surface area contributed by atoms with E-state index in [0.29, 0.717) is 11.5 Å². The van der Waals surface area contributed by atoms with Crippen LogP contribution in [0.1, 0.15) is 26.6 Å². The van der Waals surface area contributed by atoms with Gasteiger partial charge in [0.05, 0.1) is 0 Å². The van der Waals surface area contributed by atoms with Crippen molar-refractivity contribution < 1.29 is 4.79 Å². The van der Waals surface area contributed by atoms with E-state index in [9.17, 15) is 4.79 Å². The number of aryl methyl sites for hydroxylation is 1. The van der Waals surface area contributed by atoms with Gasteiger partial charge in [-0.15, -0.1) is 15.3 Å². The zero-order chi connectivity index (χ0) is 14.7. The predicted molar refractivity (Wildman–Crippen MR) is 76.5 cm³/mol. The third-order valence-electron chi connectivity index (χ3n) is 3.14. The highest BCUT2D eigenvalue weighted by atomic mass is 16.2. The molecule has 0 fully saturated rings. The molecule has 7 nitrogen and oxygen atoms in total. The number of likely N-dealkylation sites (N-methyl/N-ethyl adjacent to an activating group) is 1. The van der Waals surface area contributed by atoms with Crippen LogP contribution in [-0.2, 0) is 11.2 Å². The maximum absolute atomic E-state index is 11.9. The van der Waals surface area contributed by atoms with Gasteiger partial charge in [-0.1, -0.05) is 20.8 Å². The lowest BCUT2D eigenvalue weighted by molar-refractivity contribution is -0.122. The van der Waals surface area contributed by atoms with Gasteiger partial charge in [0.1, 0.15) is 11.9 Å². The highest BCUT2D eigenvalue weighted by molar-refractivity contribution is 5.84. The summed E-state index contributed by atoms with van der Waals surface area (Å²) in [5, 5.41) is 18.4. The summed E-state index contributed by atoms with van der Waals surface area (Å²) < 4.78 is 1.70. The maximum atomic E-state index is 11.9. The van der Waals surface area contributed by atoms with E-state index >= 15 is 0 Å². The molecular formula is C13H20N6O. The number of carbonyl (C=O) groups excluding carboxylic acids is 1. The lowest BCUT2D eigenvalue weighted by atomic mass is 10.0. The van der Waals surface area contributed by atoms with E-state index < -0.39 is 0 Å². The number of aromatic nitrogens is 4. The molecule has 2 aromatic rings. The van der Waals surface area contributed by atoms with Crippen LogP contribution in [-0.4, -0.2) is 38.8 Å². The van der Waals surface area contributed by atoms with E-state index in [1.807, 2.05) is 32.9 Å². The standard InChI is InChI=1S/C13H20N6O/c1-5-10-16-17-11-7-6-9(18-19(10)11)15-12(8(2)3)13(20)14-4/h6-8,12H,5H2,1-4H3,(H,14,20)(H,15,18)/t12-/m0/s1. The molecule has 2 heterocycles. The number of hydrogen-bond acceptors (Lipinski definition) is 5. The van der Waals surface area contributed by atoms with Crippen LogP contribution in [0.15, 0.2) is 12.1 Å². The lowest BCUT2D eigenvalue weighted by Gasteiger charge is -2.21. The molecule has 0 aliphatic rings. The van der Waals surface area contributed by atoms with E-state index in [4.69, 9.17) is 0 Å². The van der Waals surface area contributed by atoms with Gasteiger partial charge in [-0.25, -0.2) is 0 Å². The molecule has 0 spiro atoms. The van der Waals surface area contributed by atoms with Crippen LogP contribution in [0, 0.1) is 5.92 Å². The highest BCUT2D eigenvalue weighted by Crippen LogP contribution is 2.12. The second kappa shape index (κ2) is 5.85. The molecule has 0 aliphatic carbocycles. The van der Waals surface area contributed by atoms with E-state index in [-0.39, 0.29) is 17.9 Å². The van der Waals surface area contributed by atoms with Gasteiger partial charge in [-0.2, -0.15) is 4.52 Å². The molecule has 0 bridgehead atoms. The summed E-state index contributed by atoms with van der Waals surface area (Å²) in [7, 11) is 1.63. The normalized spacial score (nSPS) is 12.7. The Bertz CT molecular complexity index is 606. The monoisotopic (exact) mass is 276 g/mol. The average molecular weight is 276 g/mol. The van der Waals surface area contributed by atoms with Crippen molar-refractivity contribution in [1.29, 1.82) is 0 Å². The number of nitrogens with one attached hydrogen (secondary N) is 2. The van der Waals surface area contributed by atoms with Crippen LogP contribution in [0.2, 0.25) is 0 Å². The fraction of sp³-hybridized carbons (Fsp3) is 0.538. The number of rotatable bonds is 5. The molecule has 1 amide bonds. The topological polar surface area (TPSA) is 84.2 Å². The zero-order valence-electron chi connectivity index (χ0n) is 12.2. The number of nitrogens with zero attached hydrogens (tertiary/aromatic N) is 4. The number of hydrogen-bond donors (Lipinski definition) is 2. The zero-order valence-corrected chi connectivity index (χ0v) is 12.2. The number of anilines is 1. The summed E-state index contributed by atoms with van der Waals surface area (Å²) >= 11 is 0. The Hall–Kier alpha value is -2.18. The fourth-order valence-corrected chi connectivity index (χ4v) is 1.98. The Morgan fingerprint density at radius 1 is 1.35 bits per heavy atom. The van der Waals surface area contributed by atoms with Gasteiger partial charge in [0, 0.05) is 13.5 Å². The molecular weight excluding hydrogens is 256 g/mol. The lowest BCUT2D eigenvalue weighted by Crippen LogP contribution is -2.41. The second-order valence-corrected chi connectivity index (χ2v) is 4.94. The van der Waals surface area contributed by atoms with Crippen LogP contribution < -0.4 is 10.6 Å². The van der Waals surface area contributed by atoms with Crippen molar-refractivity contribution in [3.63, 3.8) is 0 Å². The molecule has 0 radical (unpaired) electrons. The minimum Gasteiger partial charge on any atom is -0.357 e. The van der Waals surface area contributed by atoms with Crippen molar-refractivity contribution in [3.05, 3.63) is 18.0 Å². The average Bonchev–Trinajstić information content (AvgIpc) is 2.85. The summed E-state index contributed by atoms with van der Waals surface area (Å²) in [6, 6.07) is 3.32. The van der Waals surface area contributed by atoms with Crippen molar-refractivity contribution in [2.45, 2.75) is 33.2 Å². The summed E-state index contributed by atoms with van der Waals surface area (Å²) in [4.78, 5) is 11.9. The first-order valence-electron chi connectivity index (χ1n) is 6.76. The summed E-state index contributed by atoms with van der Waals surface area (Å²) in [6.07, 6.45) is 0.751. The predicted octanol–water partition coefficient (Wildman–Crippen LogP) is 0.869. The maximum Gasteiger partial charge on any atom is 0.242 e. The first-order valence-corrected chi connectivity index (χ1v) is 6.76. The van der Waals surface area contributed by atoms with E-state index in [0.717, 1.165) is 12.2 Å². The number of fused-ring (bicyclic) bond motifs is 1. The summed E-state index contributed by atoms with van der Waals surface area (Å²) in [5.41, 5.74) is 0.702. The van der Waals surface area contributed by atoms with Crippen LogP contribution in [0.25, 0.3) is 5.65 Å². The Morgan fingerprint density at radius 2 is 2.10 bits per heavy atom. The van der Waals surface area contributed by atoms with Gasteiger partial charge in [0.25, 0.3) is 0 Å². The number of amides is 1. The van der Waals surface area contributed by atoms with Gasteiger partial charge in [-0.05, 0) is 18.1 Å². The third kappa shape index (κ3) is 2.71. The van der Waals surface area contributed by atoms with Gasteiger partial charge in [0.15, 0.2) is 11.5 Å². The first kappa shape index (κ1) is 14.2.